The molecule has 2 aromatic heterocycles. The first kappa shape index (κ1) is 13.5. The van der Waals surface area contributed by atoms with Crippen molar-refractivity contribution in [1.82, 2.24) is 20.6 Å². The topological polar surface area (TPSA) is 158 Å². The molecule has 0 amide bonds. The summed E-state index contributed by atoms with van der Waals surface area (Å²) >= 11 is 0. The molecule has 3 aromatic rings. The van der Waals surface area contributed by atoms with Gasteiger partial charge in [0.1, 0.15) is 0 Å². The molecule has 0 aliphatic heterocycles. The third-order valence-electron chi connectivity index (χ3n) is 2.66. The van der Waals surface area contributed by atoms with Crippen LogP contribution in [-0.4, -0.2) is 20.6 Å². The van der Waals surface area contributed by atoms with Crippen LogP contribution in [0.4, 0.5) is 23.3 Å². The molecule has 1 aromatic carbocycles. The van der Waals surface area contributed by atoms with E-state index in [-0.39, 0.29) is 23.3 Å². The monoisotopic (exact) mass is 301 g/mol. The number of anilines is 3. The molecule has 4 N–H and O–H groups in total. The molecule has 0 unspecified atom stereocenters. The first-order valence-corrected chi connectivity index (χ1v) is 6.13. The first-order valence-electron chi connectivity index (χ1n) is 6.13. The van der Waals surface area contributed by atoms with Gasteiger partial charge in [-0.05, 0) is 26.2 Å². The highest BCUT2D eigenvalue weighted by Crippen LogP contribution is 2.23. The van der Waals surface area contributed by atoms with Crippen molar-refractivity contribution >= 4 is 23.3 Å². The van der Waals surface area contributed by atoms with Crippen molar-refractivity contribution in [3.05, 3.63) is 35.9 Å². The predicted molar refractivity (Wildman–Crippen MR) is 74.6 cm³/mol. The summed E-state index contributed by atoms with van der Waals surface area (Å²) in [7, 11) is 0. The highest BCUT2D eigenvalue weighted by molar-refractivity contribution is 5.56. The third kappa shape index (κ3) is 2.82. The Labute approximate surface area is 123 Å². The second-order valence-corrected chi connectivity index (χ2v) is 4.18. The van der Waals surface area contributed by atoms with E-state index in [9.17, 15) is 0 Å². The van der Waals surface area contributed by atoms with Gasteiger partial charge in [0.2, 0.25) is 17.5 Å². The minimum Gasteiger partial charge on any atom is -0.378 e. The maximum atomic E-state index is 5.69. The van der Waals surface area contributed by atoms with Crippen LogP contribution in [0.5, 0.6) is 0 Å². The van der Waals surface area contributed by atoms with Gasteiger partial charge in [-0.3, -0.25) is 0 Å². The minimum absolute atomic E-state index is 0.0228. The molecule has 0 saturated carbocycles. The Morgan fingerprint density at radius 1 is 0.955 bits per heavy atom. The number of nitrogens with two attached hydrogens (primary N) is 2. The van der Waals surface area contributed by atoms with Gasteiger partial charge in [0.25, 0.3) is 5.82 Å². The quantitative estimate of drug-likeness (QED) is 0.523. The van der Waals surface area contributed by atoms with E-state index in [2.05, 4.69) is 40.2 Å². The Kier molecular flexibility index (Phi) is 3.59. The van der Waals surface area contributed by atoms with Crippen LogP contribution in [0, 0.1) is 0 Å². The molecule has 3 rings (SSSR count). The minimum atomic E-state index is 0.0228. The summed E-state index contributed by atoms with van der Waals surface area (Å²) in [6, 6.07) is 9.53. The molecule has 0 spiro atoms. The van der Waals surface area contributed by atoms with Gasteiger partial charge in [0.15, 0.2) is 0 Å². The average molecular weight is 301 g/mol. The van der Waals surface area contributed by atoms with Gasteiger partial charge in [-0.1, -0.05) is 35.6 Å². The predicted octanol–water partition coefficient (Wildman–Crippen LogP) is 1.32. The van der Waals surface area contributed by atoms with Crippen molar-refractivity contribution in [3.8, 4) is 0 Å². The van der Waals surface area contributed by atoms with Gasteiger partial charge in [-0.15, -0.1) is 5.11 Å². The van der Waals surface area contributed by atoms with E-state index < -0.39 is 0 Å². The molecule has 0 radical (unpaired) electrons. The van der Waals surface area contributed by atoms with Crippen LogP contribution in [0.3, 0.4) is 0 Å². The number of benzene rings is 1. The largest absolute Gasteiger partial charge is 0.378 e. The molecular formula is C11H11N9O2. The fourth-order valence-corrected chi connectivity index (χ4v) is 1.63. The second-order valence-electron chi connectivity index (χ2n) is 4.18. The normalized spacial score (nSPS) is 11.1. The summed E-state index contributed by atoms with van der Waals surface area (Å²) in [4.78, 5) is 0. The Morgan fingerprint density at radius 2 is 1.68 bits per heavy atom. The van der Waals surface area contributed by atoms with Gasteiger partial charge >= 0.3 is 0 Å². The van der Waals surface area contributed by atoms with E-state index >= 15 is 0 Å². The summed E-state index contributed by atoms with van der Waals surface area (Å²) in [6.07, 6.45) is 0. The Balaban J connectivity index is 1.88. The molecule has 0 aliphatic rings. The molecule has 0 fully saturated rings. The SMILES string of the molecule is Nc1nonc1N=NN(Cc1ccccc1)c1nonc1N. The van der Waals surface area contributed by atoms with Crippen LogP contribution in [0.15, 0.2) is 49.9 Å². The van der Waals surface area contributed by atoms with Gasteiger partial charge in [0.05, 0.1) is 6.54 Å². The van der Waals surface area contributed by atoms with Crippen LogP contribution >= 0.6 is 0 Å². The molecule has 2 heterocycles. The lowest BCUT2D eigenvalue weighted by molar-refractivity contribution is 0.308. The molecule has 0 saturated heterocycles. The lowest BCUT2D eigenvalue weighted by Crippen LogP contribution is -2.16. The van der Waals surface area contributed by atoms with Crippen molar-refractivity contribution in [2.45, 2.75) is 6.54 Å². The lowest BCUT2D eigenvalue weighted by atomic mass is 10.2. The number of aromatic nitrogens is 4. The fourth-order valence-electron chi connectivity index (χ4n) is 1.63. The molecule has 0 aliphatic carbocycles. The van der Waals surface area contributed by atoms with Crippen LogP contribution in [0.25, 0.3) is 0 Å². The number of nitrogen functional groups attached to an aromatic ring is 2. The molecule has 11 heteroatoms. The van der Waals surface area contributed by atoms with Gasteiger partial charge in [-0.2, -0.15) is 0 Å². The van der Waals surface area contributed by atoms with E-state index in [4.69, 9.17) is 11.5 Å². The standard InChI is InChI=1S/C11H11N9O2/c12-8-10(17-21-15-8)14-19-20(11-9(13)16-22-18-11)6-7-4-2-1-3-5-7/h1-5H,6H2,(H2,12,15)(H2,13,16). The number of hydrogen-bond acceptors (Lipinski definition) is 10. The summed E-state index contributed by atoms with van der Waals surface area (Å²) in [6.45, 7) is 0.341. The number of nitrogens with zero attached hydrogens (tertiary/aromatic N) is 7. The summed E-state index contributed by atoms with van der Waals surface area (Å²) in [5.74, 6) is 0.381. The molecule has 0 atom stereocenters. The van der Waals surface area contributed by atoms with Crippen molar-refractivity contribution in [2.75, 3.05) is 16.5 Å². The molecule has 112 valence electrons. The van der Waals surface area contributed by atoms with E-state index in [1.165, 1.54) is 5.01 Å². The highest BCUT2D eigenvalue weighted by atomic mass is 16.6. The Morgan fingerprint density at radius 3 is 2.32 bits per heavy atom. The maximum absolute atomic E-state index is 5.69. The average Bonchev–Trinajstić information content (AvgIpc) is 3.13. The van der Waals surface area contributed by atoms with E-state index in [0.29, 0.717) is 6.54 Å². The van der Waals surface area contributed by atoms with Crippen molar-refractivity contribution in [1.29, 1.82) is 0 Å². The second kappa shape index (κ2) is 5.87. The fraction of sp³-hybridized carbons (Fsp3) is 0.0909. The highest BCUT2D eigenvalue weighted by Gasteiger charge is 2.16. The van der Waals surface area contributed by atoms with E-state index in [1.807, 2.05) is 30.3 Å². The molecule has 11 nitrogen and oxygen atoms in total. The van der Waals surface area contributed by atoms with Crippen LogP contribution in [-0.2, 0) is 6.54 Å². The van der Waals surface area contributed by atoms with Gasteiger partial charge < -0.3 is 11.5 Å². The zero-order chi connectivity index (χ0) is 15.4. The third-order valence-corrected chi connectivity index (χ3v) is 2.66. The number of hydrogen-bond donors (Lipinski definition) is 2. The maximum Gasteiger partial charge on any atom is 0.263 e. The molecule has 0 bridgehead atoms. The van der Waals surface area contributed by atoms with Crippen LogP contribution in [0.2, 0.25) is 0 Å². The van der Waals surface area contributed by atoms with Crippen molar-refractivity contribution in [2.24, 2.45) is 10.3 Å². The Bertz CT molecular complexity index is 767. The van der Waals surface area contributed by atoms with Crippen LogP contribution in [0.1, 0.15) is 5.56 Å². The van der Waals surface area contributed by atoms with Crippen molar-refractivity contribution < 1.29 is 9.26 Å². The summed E-state index contributed by atoms with van der Waals surface area (Å²) in [5.41, 5.74) is 12.2. The zero-order valence-electron chi connectivity index (χ0n) is 11.2. The molecule has 22 heavy (non-hydrogen) atoms. The number of rotatable bonds is 5. The lowest BCUT2D eigenvalue weighted by Gasteiger charge is -2.13. The smallest absolute Gasteiger partial charge is 0.263 e. The summed E-state index contributed by atoms with van der Waals surface area (Å²) < 4.78 is 9.03. The van der Waals surface area contributed by atoms with Gasteiger partial charge in [0, 0.05) is 0 Å². The van der Waals surface area contributed by atoms with Gasteiger partial charge in [-0.25, -0.2) is 14.3 Å². The van der Waals surface area contributed by atoms with Crippen molar-refractivity contribution in [3.63, 3.8) is 0 Å². The molecular weight excluding hydrogens is 290 g/mol. The van der Waals surface area contributed by atoms with E-state index in [0.717, 1.165) is 5.56 Å². The zero-order valence-corrected chi connectivity index (χ0v) is 11.2. The summed E-state index contributed by atoms with van der Waals surface area (Å²) in [5, 5.41) is 23.4. The first-order chi connectivity index (χ1) is 10.7. The van der Waals surface area contributed by atoms with E-state index in [1.54, 1.807) is 0 Å². The Hall–Kier alpha value is -3.50. The van der Waals surface area contributed by atoms with Crippen LogP contribution < -0.4 is 16.5 Å².